The molecule has 0 spiro atoms. The van der Waals surface area contributed by atoms with Crippen LogP contribution >= 0.6 is 0 Å². The average molecular weight is 228 g/mol. The maximum absolute atomic E-state index is 9.98. The molecule has 0 aliphatic heterocycles. The third-order valence-corrected chi connectivity index (χ3v) is 3.57. The summed E-state index contributed by atoms with van der Waals surface area (Å²) < 4.78 is 0. The molecule has 1 unspecified atom stereocenters. The van der Waals surface area contributed by atoms with Crippen molar-refractivity contribution in [3.05, 3.63) is 0 Å². The molecule has 3 nitrogen and oxygen atoms in total. The lowest BCUT2D eigenvalue weighted by atomic mass is 10.00. The summed E-state index contributed by atoms with van der Waals surface area (Å²) in [5.41, 5.74) is 0. The van der Waals surface area contributed by atoms with Gasteiger partial charge in [0.1, 0.15) is 0 Å². The van der Waals surface area contributed by atoms with Crippen molar-refractivity contribution in [2.75, 3.05) is 33.7 Å². The van der Waals surface area contributed by atoms with E-state index in [-0.39, 0.29) is 6.10 Å². The summed E-state index contributed by atoms with van der Waals surface area (Å²) >= 11 is 0. The van der Waals surface area contributed by atoms with Gasteiger partial charge in [0.05, 0.1) is 6.10 Å². The molecule has 0 amide bonds. The monoisotopic (exact) mass is 228 g/mol. The van der Waals surface area contributed by atoms with E-state index in [1.807, 2.05) is 7.05 Å². The van der Waals surface area contributed by atoms with Gasteiger partial charge in [0.15, 0.2) is 0 Å². The van der Waals surface area contributed by atoms with Crippen molar-refractivity contribution in [3.63, 3.8) is 0 Å². The molecule has 0 aromatic heterocycles. The molecule has 0 saturated heterocycles. The van der Waals surface area contributed by atoms with Crippen LogP contribution in [0.15, 0.2) is 0 Å². The van der Waals surface area contributed by atoms with Crippen LogP contribution in [0.2, 0.25) is 0 Å². The second kappa shape index (κ2) is 8.04. The van der Waals surface area contributed by atoms with Gasteiger partial charge in [-0.3, -0.25) is 0 Å². The minimum Gasteiger partial charge on any atom is -0.392 e. The molecule has 0 aromatic rings. The zero-order valence-electron chi connectivity index (χ0n) is 10.9. The van der Waals surface area contributed by atoms with Crippen LogP contribution < -0.4 is 5.32 Å². The van der Waals surface area contributed by atoms with Crippen molar-refractivity contribution in [3.8, 4) is 0 Å². The van der Waals surface area contributed by atoms with Crippen LogP contribution in [-0.4, -0.2) is 49.8 Å². The number of aliphatic hydroxyl groups is 1. The first kappa shape index (κ1) is 13.9. The molecule has 96 valence electrons. The molecule has 16 heavy (non-hydrogen) atoms. The van der Waals surface area contributed by atoms with Gasteiger partial charge in [0, 0.05) is 6.54 Å². The Bertz CT molecular complexity index is 169. The minimum atomic E-state index is -0.123. The van der Waals surface area contributed by atoms with E-state index in [9.17, 15) is 5.11 Å². The Kier molecular flexibility index (Phi) is 7.01. The van der Waals surface area contributed by atoms with Crippen LogP contribution in [0.1, 0.15) is 38.5 Å². The van der Waals surface area contributed by atoms with E-state index in [4.69, 9.17) is 0 Å². The first-order valence-corrected chi connectivity index (χ1v) is 6.73. The molecule has 1 rings (SSSR count). The second-order valence-corrected chi connectivity index (χ2v) is 5.26. The average Bonchev–Trinajstić information content (AvgIpc) is 2.70. The number of hydrogen-bond acceptors (Lipinski definition) is 3. The lowest BCUT2D eigenvalue weighted by Gasteiger charge is -2.22. The fourth-order valence-electron chi connectivity index (χ4n) is 2.68. The number of likely N-dealkylation sites (N-methyl/N-ethyl adjacent to an activating group) is 1. The molecule has 3 heteroatoms. The number of nitrogens with zero attached hydrogens (tertiary/aromatic N) is 1. The summed E-state index contributed by atoms with van der Waals surface area (Å²) in [6.07, 6.45) is 7.45. The molecule has 0 aromatic carbocycles. The lowest BCUT2D eigenvalue weighted by Crippen LogP contribution is -2.32. The number of hydrogen-bond donors (Lipinski definition) is 2. The maximum atomic E-state index is 9.98. The summed E-state index contributed by atoms with van der Waals surface area (Å²) in [6.45, 7) is 2.96. The first-order chi connectivity index (χ1) is 7.72. The second-order valence-electron chi connectivity index (χ2n) is 5.26. The Morgan fingerprint density at radius 1 is 1.38 bits per heavy atom. The largest absolute Gasteiger partial charge is 0.392 e. The highest BCUT2D eigenvalue weighted by atomic mass is 16.3. The van der Waals surface area contributed by atoms with Gasteiger partial charge in [-0.15, -0.1) is 0 Å². The van der Waals surface area contributed by atoms with E-state index in [2.05, 4.69) is 17.3 Å². The fraction of sp³-hybridized carbons (Fsp3) is 1.00. The predicted octanol–water partition coefficient (Wildman–Crippen LogP) is 1.47. The van der Waals surface area contributed by atoms with Crippen molar-refractivity contribution < 1.29 is 5.11 Å². The summed E-state index contributed by atoms with van der Waals surface area (Å²) in [4.78, 5) is 2.25. The van der Waals surface area contributed by atoms with E-state index < -0.39 is 0 Å². The smallest absolute Gasteiger partial charge is 0.0669 e. The number of rotatable bonds is 8. The highest BCUT2D eigenvalue weighted by Crippen LogP contribution is 2.28. The Morgan fingerprint density at radius 3 is 2.69 bits per heavy atom. The molecule has 0 bridgehead atoms. The summed E-state index contributed by atoms with van der Waals surface area (Å²) in [6, 6.07) is 0. The van der Waals surface area contributed by atoms with E-state index in [1.54, 1.807) is 0 Å². The van der Waals surface area contributed by atoms with Crippen LogP contribution in [0, 0.1) is 5.92 Å². The predicted molar refractivity (Wildman–Crippen MR) is 68.6 cm³/mol. The molecular weight excluding hydrogens is 200 g/mol. The lowest BCUT2D eigenvalue weighted by molar-refractivity contribution is 0.102. The van der Waals surface area contributed by atoms with Gasteiger partial charge in [0.2, 0.25) is 0 Å². The van der Waals surface area contributed by atoms with Crippen LogP contribution in [-0.2, 0) is 0 Å². The zero-order chi connectivity index (χ0) is 11.8. The van der Waals surface area contributed by atoms with Crippen LogP contribution in [0.4, 0.5) is 0 Å². The minimum absolute atomic E-state index is 0.123. The Morgan fingerprint density at radius 2 is 2.06 bits per heavy atom. The highest BCUT2D eigenvalue weighted by molar-refractivity contribution is 4.72. The standard InChI is InChI=1S/C13H28N2O/c1-14-8-5-9-15(2)11-13(16)10-12-6-3-4-7-12/h12-14,16H,3-11H2,1-2H3. The highest BCUT2D eigenvalue weighted by Gasteiger charge is 2.19. The van der Waals surface area contributed by atoms with Crippen LogP contribution in [0.5, 0.6) is 0 Å². The van der Waals surface area contributed by atoms with E-state index >= 15 is 0 Å². The summed E-state index contributed by atoms with van der Waals surface area (Å²) in [5.74, 6) is 0.792. The molecule has 2 N–H and O–H groups in total. The Balaban J connectivity index is 2.05. The Labute approximate surface area is 100 Å². The summed E-state index contributed by atoms with van der Waals surface area (Å²) in [7, 11) is 4.09. The van der Waals surface area contributed by atoms with E-state index in [0.29, 0.717) is 0 Å². The van der Waals surface area contributed by atoms with Gasteiger partial charge in [-0.2, -0.15) is 0 Å². The van der Waals surface area contributed by atoms with Crippen molar-refractivity contribution in [2.24, 2.45) is 5.92 Å². The molecule has 0 heterocycles. The van der Waals surface area contributed by atoms with E-state index in [1.165, 1.54) is 25.7 Å². The summed E-state index contributed by atoms with van der Waals surface area (Å²) in [5, 5.41) is 13.1. The van der Waals surface area contributed by atoms with Crippen molar-refractivity contribution in [1.29, 1.82) is 0 Å². The SMILES string of the molecule is CNCCCN(C)CC(O)CC1CCCC1. The van der Waals surface area contributed by atoms with Crippen molar-refractivity contribution >= 4 is 0 Å². The molecular formula is C13H28N2O. The first-order valence-electron chi connectivity index (χ1n) is 6.73. The fourth-order valence-corrected chi connectivity index (χ4v) is 2.68. The molecule has 1 atom stereocenters. The quantitative estimate of drug-likeness (QED) is 0.618. The van der Waals surface area contributed by atoms with Crippen molar-refractivity contribution in [2.45, 2.75) is 44.6 Å². The topological polar surface area (TPSA) is 35.5 Å². The molecule has 1 aliphatic rings. The third kappa shape index (κ3) is 5.83. The Hall–Kier alpha value is -0.120. The molecule has 1 fully saturated rings. The molecule has 0 radical (unpaired) electrons. The van der Waals surface area contributed by atoms with Gasteiger partial charge >= 0.3 is 0 Å². The van der Waals surface area contributed by atoms with Crippen LogP contribution in [0.25, 0.3) is 0 Å². The van der Waals surface area contributed by atoms with Gasteiger partial charge in [-0.25, -0.2) is 0 Å². The zero-order valence-corrected chi connectivity index (χ0v) is 10.9. The van der Waals surface area contributed by atoms with Crippen LogP contribution in [0.3, 0.4) is 0 Å². The molecule has 1 aliphatic carbocycles. The van der Waals surface area contributed by atoms with Gasteiger partial charge in [-0.05, 0) is 45.9 Å². The van der Waals surface area contributed by atoms with E-state index in [0.717, 1.165) is 38.4 Å². The van der Waals surface area contributed by atoms with Gasteiger partial charge < -0.3 is 15.3 Å². The normalized spacial score (nSPS) is 19.5. The number of aliphatic hydroxyl groups excluding tert-OH is 1. The third-order valence-electron chi connectivity index (χ3n) is 3.57. The molecule has 1 saturated carbocycles. The van der Waals surface area contributed by atoms with Crippen molar-refractivity contribution in [1.82, 2.24) is 10.2 Å². The maximum Gasteiger partial charge on any atom is 0.0669 e. The van der Waals surface area contributed by atoms with Gasteiger partial charge in [0.25, 0.3) is 0 Å². The van der Waals surface area contributed by atoms with Gasteiger partial charge in [-0.1, -0.05) is 25.7 Å². The number of nitrogens with one attached hydrogen (secondary N) is 1.